The molecule has 23 heavy (non-hydrogen) atoms. The molecule has 0 saturated carbocycles. The normalized spacial score (nSPS) is 20.9. The van der Waals surface area contributed by atoms with Crippen molar-refractivity contribution in [1.29, 1.82) is 0 Å². The minimum absolute atomic E-state index is 0.160. The Balaban J connectivity index is 2.00. The Morgan fingerprint density at radius 1 is 1.22 bits per heavy atom. The number of ether oxygens (including phenoxy) is 1. The Kier molecular flexibility index (Phi) is 4.72. The maximum absolute atomic E-state index is 12.6. The van der Waals surface area contributed by atoms with Gasteiger partial charge in [0.25, 0.3) is 0 Å². The van der Waals surface area contributed by atoms with Gasteiger partial charge >= 0.3 is 5.97 Å². The van der Waals surface area contributed by atoms with Crippen LogP contribution in [0.15, 0.2) is 53.9 Å². The van der Waals surface area contributed by atoms with E-state index in [4.69, 9.17) is 4.74 Å². The zero-order chi connectivity index (χ0) is 16.2. The van der Waals surface area contributed by atoms with Crippen LogP contribution >= 0.6 is 11.3 Å². The van der Waals surface area contributed by atoms with Crippen LogP contribution in [0, 0.1) is 5.92 Å². The van der Waals surface area contributed by atoms with Gasteiger partial charge in [-0.25, -0.2) is 0 Å². The highest BCUT2D eigenvalue weighted by Crippen LogP contribution is 2.41. The summed E-state index contributed by atoms with van der Waals surface area (Å²) >= 11 is 1.61. The molecule has 2 atom stereocenters. The zero-order valence-electron chi connectivity index (χ0n) is 12.9. The van der Waals surface area contributed by atoms with Crippen LogP contribution in [-0.4, -0.2) is 18.4 Å². The van der Waals surface area contributed by atoms with Gasteiger partial charge in [-0.05, 0) is 42.0 Å². The number of allylic oxidation sites excluding steroid dienone is 2. The molecule has 0 spiro atoms. The van der Waals surface area contributed by atoms with E-state index >= 15 is 0 Å². The summed E-state index contributed by atoms with van der Waals surface area (Å²) in [6, 6.07) is 13.7. The molecule has 4 heteroatoms. The van der Waals surface area contributed by atoms with E-state index in [0.29, 0.717) is 6.42 Å². The molecule has 0 aliphatic heterocycles. The predicted molar refractivity (Wildman–Crippen MR) is 91.2 cm³/mol. The third-order valence-electron chi connectivity index (χ3n) is 4.07. The lowest BCUT2D eigenvalue weighted by atomic mass is 9.74. The summed E-state index contributed by atoms with van der Waals surface area (Å²) in [6.07, 6.45) is 2.28. The standard InChI is InChI=1S/C19H18O3S/c1-2-22-19(21)18-15(13-7-4-3-5-8-13)11-14(12-16(18)20)17-9-6-10-23-17/h3-10,12,15,18H,2,11H2,1H3/t15-,18-/m0/s1. The maximum Gasteiger partial charge on any atom is 0.317 e. The van der Waals surface area contributed by atoms with Crippen molar-refractivity contribution >= 4 is 28.7 Å². The van der Waals surface area contributed by atoms with E-state index in [1.165, 1.54) is 0 Å². The average Bonchev–Trinajstić information content (AvgIpc) is 3.09. The Labute approximate surface area is 139 Å². The molecule has 0 unspecified atom stereocenters. The van der Waals surface area contributed by atoms with Gasteiger partial charge in [0.1, 0.15) is 5.92 Å². The van der Waals surface area contributed by atoms with Crippen LogP contribution in [0.3, 0.4) is 0 Å². The smallest absolute Gasteiger partial charge is 0.317 e. The molecule has 3 nitrogen and oxygen atoms in total. The Hall–Kier alpha value is -2.20. The van der Waals surface area contributed by atoms with Crippen molar-refractivity contribution in [3.8, 4) is 0 Å². The second kappa shape index (κ2) is 6.92. The molecule has 1 heterocycles. The molecule has 1 aliphatic carbocycles. The van der Waals surface area contributed by atoms with Gasteiger partial charge in [0.2, 0.25) is 0 Å². The van der Waals surface area contributed by atoms with E-state index in [1.807, 2.05) is 47.8 Å². The van der Waals surface area contributed by atoms with Crippen molar-refractivity contribution < 1.29 is 14.3 Å². The number of ketones is 1. The predicted octanol–water partition coefficient (Wildman–Crippen LogP) is 4.07. The van der Waals surface area contributed by atoms with Gasteiger partial charge in [-0.3, -0.25) is 9.59 Å². The zero-order valence-corrected chi connectivity index (χ0v) is 13.7. The second-order valence-corrected chi connectivity index (χ2v) is 6.45. The van der Waals surface area contributed by atoms with Crippen LogP contribution in [-0.2, 0) is 14.3 Å². The molecule has 1 aromatic carbocycles. The number of esters is 1. The quantitative estimate of drug-likeness (QED) is 0.628. The molecule has 0 bridgehead atoms. The lowest BCUT2D eigenvalue weighted by molar-refractivity contribution is -0.151. The van der Waals surface area contributed by atoms with Crippen molar-refractivity contribution in [1.82, 2.24) is 0 Å². The molecular formula is C19H18O3S. The first-order valence-corrected chi connectivity index (χ1v) is 8.58. The van der Waals surface area contributed by atoms with Crippen molar-refractivity contribution in [2.24, 2.45) is 5.92 Å². The molecule has 0 fully saturated rings. The summed E-state index contributed by atoms with van der Waals surface area (Å²) in [5.41, 5.74) is 2.00. The van der Waals surface area contributed by atoms with E-state index in [-0.39, 0.29) is 18.3 Å². The first-order chi connectivity index (χ1) is 11.2. The number of benzene rings is 1. The molecule has 1 aliphatic rings. The minimum atomic E-state index is -0.749. The van der Waals surface area contributed by atoms with E-state index in [0.717, 1.165) is 16.0 Å². The van der Waals surface area contributed by atoms with E-state index in [9.17, 15) is 9.59 Å². The number of hydrogen-bond donors (Lipinski definition) is 0. The van der Waals surface area contributed by atoms with Crippen LogP contribution < -0.4 is 0 Å². The molecule has 3 rings (SSSR count). The topological polar surface area (TPSA) is 43.4 Å². The third-order valence-corrected chi connectivity index (χ3v) is 5.02. The van der Waals surface area contributed by atoms with Gasteiger partial charge in [0.05, 0.1) is 6.61 Å². The van der Waals surface area contributed by atoms with E-state index < -0.39 is 11.9 Å². The lowest BCUT2D eigenvalue weighted by Gasteiger charge is -2.29. The van der Waals surface area contributed by atoms with E-state index in [1.54, 1.807) is 24.3 Å². The highest BCUT2D eigenvalue weighted by molar-refractivity contribution is 7.11. The van der Waals surface area contributed by atoms with Gasteiger partial charge in [-0.15, -0.1) is 11.3 Å². The molecule has 0 saturated heterocycles. The van der Waals surface area contributed by atoms with Gasteiger partial charge in [0.15, 0.2) is 5.78 Å². The first kappa shape index (κ1) is 15.7. The third kappa shape index (κ3) is 3.27. The molecule has 0 radical (unpaired) electrons. The summed E-state index contributed by atoms with van der Waals surface area (Å²) in [5.74, 6) is -1.51. The van der Waals surface area contributed by atoms with Crippen LogP contribution in [0.5, 0.6) is 0 Å². The monoisotopic (exact) mass is 326 g/mol. The van der Waals surface area contributed by atoms with Crippen molar-refractivity contribution in [3.05, 3.63) is 64.4 Å². The summed E-state index contributed by atoms with van der Waals surface area (Å²) in [7, 11) is 0. The molecular weight excluding hydrogens is 308 g/mol. The van der Waals surface area contributed by atoms with Crippen molar-refractivity contribution in [3.63, 3.8) is 0 Å². The summed E-state index contributed by atoms with van der Waals surface area (Å²) in [5, 5.41) is 2.00. The summed E-state index contributed by atoms with van der Waals surface area (Å²) < 4.78 is 5.14. The maximum atomic E-state index is 12.6. The Morgan fingerprint density at radius 2 is 2.00 bits per heavy atom. The Morgan fingerprint density at radius 3 is 2.65 bits per heavy atom. The molecule has 0 N–H and O–H groups in total. The summed E-state index contributed by atoms with van der Waals surface area (Å²) in [6.45, 7) is 2.04. The molecule has 2 aromatic rings. The highest BCUT2D eigenvalue weighted by atomic mass is 32.1. The van der Waals surface area contributed by atoms with Gasteiger partial charge < -0.3 is 4.74 Å². The SMILES string of the molecule is CCOC(=O)[C@@H]1C(=O)C=C(c2cccs2)C[C@H]1c1ccccc1. The summed E-state index contributed by atoms with van der Waals surface area (Å²) in [4.78, 5) is 26.0. The minimum Gasteiger partial charge on any atom is -0.465 e. The Bertz CT molecular complexity index is 716. The van der Waals surface area contributed by atoms with Crippen LogP contribution in [0.4, 0.5) is 0 Å². The van der Waals surface area contributed by atoms with Gasteiger partial charge in [-0.1, -0.05) is 36.4 Å². The number of thiophene rings is 1. The number of rotatable bonds is 4. The van der Waals surface area contributed by atoms with Crippen LogP contribution in [0.2, 0.25) is 0 Å². The van der Waals surface area contributed by atoms with Crippen molar-refractivity contribution in [2.75, 3.05) is 6.61 Å². The van der Waals surface area contributed by atoms with Crippen molar-refractivity contribution in [2.45, 2.75) is 19.3 Å². The first-order valence-electron chi connectivity index (χ1n) is 7.70. The second-order valence-electron chi connectivity index (χ2n) is 5.50. The fraction of sp³-hybridized carbons (Fsp3) is 0.263. The van der Waals surface area contributed by atoms with E-state index in [2.05, 4.69) is 0 Å². The van der Waals surface area contributed by atoms with Crippen LogP contribution in [0.1, 0.15) is 29.7 Å². The number of carbonyl (C=O) groups excluding carboxylic acids is 2. The number of hydrogen-bond acceptors (Lipinski definition) is 4. The fourth-order valence-corrected chi connectivity index (χ4v) is 3.78. The van der Waals surface area contributed by atoms with Crippen LogP contribution in [0.25, 0.3) is 5.57 Å². The number of carbonyl (C=O) groups is 2. The van der Waals surface area contributed by atoms with Gasteiger partial charge in [0, 0.05) is 10.8 Å². The fourth-order valence-electron chi connectivity index (χ4n) is 3.03. The average molecular weight is 326 g/mol. The highest BCUT2D eigenvalue weighted by Gasteiger charge is 2.39. The largest absolute Gasteiger partial charge is 0.465 e. The van der Waals surface area contributed by atoms with Gasteiger partial charge in [-0.2, -0.15) is 0 Å². The lowest BCUT2D eigenvalue weighted by Crippen LogP contribution is -2.33. The molecule has 0 amide bonds. The molecule has 118 valence electrons. The molecule has 1 aromatic heterocycles.